The third-order valence-electron chi connectivity index (χ3n) is 7.09. The highest BCUT2D eigenvalue weighted by molar-refractivity contribution is 5.85. The molecular formula is C28H33N7O2. The minimum atomic E-state index is 0.0123. The normalized spacial score (nSPS) is 17.0. The van der Waals surface area contributed by atoms with Gasteiger partial charge in [-0.15, -0.1) is 10.2 Å². The van der Waals surface area contributed by atoms with E-state index in [9.17, 15) is 4.79 Å². The second kappa shape index (κ2) is 9.23. The van der Waals surface area contributed by atoms with Gasteiger partial charge in [-0.3, -0.25) is 9.48 Å². The molecule has 1 aliphatic rings. The molecule has 4 aromatic rings. The van der Waals surface area contributed by atoms with Crippen molar-refractivity contribution in [1.82, 2.24) is 30.3 Å². The van der Waals surface area contributed by atoms with E-state index in [0.29, 0.717) is 29.4 Å². The zero-order chi connectivity index (χ0) is 26.4. The number of aromatic nitrogens is 5. The molecule has 0 bridgehead atoms. The summed E-state index contributed by atoms with van der Waals surface area (Å²) in [5.74, 6) is 0.972. The Labute approximate surface area is 216 Å². The lowest BCUT2D eigenvalue weighted by molar-refractivity contribution is -0.120. The molecule has 1 N–H and O–H groups in total. The molecule has 0 radical (unpaired) electrons. The van der Waals surface area contributed by atoms with Crippen molar-refractivity contribution in [1.29, 1.82) is 0 Å². The van der Waals surface area contributed by atoms with Crippen LogP contribution in [0, 0.1) is 0 Å². The molecule has 1 fully saturated rings. The molecule has 192 valence electrons. The Kier molecular flexibility index (Phi) is 6.19. The van der Waals surface area contributed by atoms with Gasteiger partial charge in [-0.05, 0) is 75.9 Å². The van der Waals surface area contributed by atoms with Crippen molar-refractivity contribution in [3.63, 3.8) is 0 Å². The molecule has 0 saturated carbocycles. The van der Waals surface area contributed by atoms with Crippen molar-refractivity contribution < 1.29 is 9.53 Å². The molecule has 5 rings (SSSR count). The highest BCUT2D eigenvalue weighted by atomic mass is 16.5. The van der Waals surface area contributed by atoms with Crippen molar-refractivity contribution in [2.75, 3.05) is 11.9 Å². The summed E-state index contributed by atoms with van der Waals surface area (Å²) in [5, 5.41) is 17.9. The first-order chi connectivity index (χ1) is 17.5. The monoisotopic (exact) mass is 499 g/mol. The van der Waals surface area contributed by atoms with Crippen molar-refractivity contribution in [3.05, 3.63) is 48.8 Å². The number of aryl methyl sites for hydroxylation is 1. The van der Waals surface area contributed by atoms with Crippen LogP contribution in [-0.4, -0.2) is 55.6 Å². The topological polar surface area (TPSA) is 98.1 Å². The van der Waals surface area contributed by atoms with E-state index >= 15 is 0 Å². The predicted octanol–water partition coefficient (Wildman–Crippen LogP) is 4.37. The number of fused-ring (bicyclic) bond motifs is 1. The van der Waals surface area contributed by atoms with Crippen LogP contribution >= 0.6 is 0 Å². The fraction of sp³-hybridized carbons (Fsp3) is 0.393. The Balaban J connectivity index is 1.42. The Bertz CT molecular complexity index is 1430. The third-order valence-corrected chi connectivity index (χ3v) is 7.09. The van der Waals surface area contributed by atoms with Crippen LogP contribution in [0.1, 0.15) is 40.5 Å². The molecule has 2 aromatic carbocycles. The van der Waals surface area contributed by atoms with E-state index in [-0.39, 0.29) is 17.1 Å². The Hall–Kier alpha value is -3.85. The van der Waals surface area contributed by atoms with Crippen LogP contribution in [0.25, 0.3) is 33.3 Å². The number of piperidine rings is 1. The SMILES string of the molecule is CN(c1ncc(-c2ccc(-c3ccc4c(cnn4C)c3)cc2OC=O)nn1)C1CC(C)(C)NC(C)(C)C1. The largest absolute Gasteiger partial charge is 0.428 e. The molecule has 0 amide bonds. The van der Waals surface area contributed by atoms with E-state index in [1.807, 2.05) is 55.3 Å². The standard InChI is InChI=1S/C28H33N7O2/c1-27(2)13-21(14-28(3,4)33-27)34(5)26-29-16-23(31-32-26)22-9-7-19(12-25(22)37-17-36)18-8-10-24-20(11-18)15-30-35(24)6/h7-12,15-17,21,33H,13-14H2,1-6H3. The summed E-state index contributed by atoms with van der Waals surface area (Å²) in [7, 11) is 3.94. The lowest BCUT2D eigenvalue weighted by atomic mass is 9.79. The van der Waals surface area contributed by atoms with Gasteiger partial charge in [0.1, 0.15) is 11.4 Å². The average Bonchev–Trinajstić information content (AvgIpc) is 3.22. The van der Waals surface area contributed by atoms with Gasteiger partial charge in [-0.25, -0.2) is 4.98 Å². The fourth-order valence-corrected chi connectivity index (χ4v) is 5.67. The molecule has 3 heterocycles. The van der Waals surface area contributed by atoms with Gasteiger partial charge in [0.25, 0.3) is 6.47 Å². The van der Waals surface area contributed by atoms with Crippen molar-refractivity contribution in [2.24, 2.45) is 7.05 Å². The molecule has 0 unspecified atom stereocenters. The summed E-state index contributed by atoms with van der Waals surface area (Å²) in [5.41, 5.74) is 4.17. The summed E-state index contributed by atoms with van der Waals surface area (Å²) >= 11 is 0. The maximum absolute atomic E-state index is 11.3. The van der Waals surface area contributed by atoms with Crippen LogP contribution in [0.2, 0.25) is 0 Å². The van der Waals surface area contributed by atoms with Gasteiger partial charge in [0, 0.05) is 42.2 Å². The van der Waals surface area contributed by atoms with Gasteiger partial charge in [0.15, 0.2) is 0 Å². The Morgan fingerprint density at radius 3 is 2.41 bits per heavy atom. The highest BCUT2D eigenvalue weighted by Gasteiger charge is 2.39. The molecule has 37 heavy (non-hydrogen) atoms. The van der Waals surface area contributed by atoms with Crippen LogP contribution in [0.3, 0.4) is 0 Å². The second-order valence-corrected chi connectivity index (χ2v) is 11.2. The van der Waals surface area contributed by atoms with Gasteiger partial charge in [0.05, 0.1) is 17.9 Å². The summed E-state index contributed by atoms with van der Waals surface area (Å²) in [4.78, 5) is 18.0. The van der Waals surface area contributed by atoms with Gasteiger partial charge >= 0.3 is 0 Å². The number of rotatable bonds is 6. The number of ether oxygens (including phenoxy) is 1. The molecule has 0 atom stereocenters. The second-order valence-electron chi connectivity index (χ2n) is 11.2. The number of hydrogen-bond acceptors (Lipinski definition) is 8. The number of hydrogen-bond donors (Lipinski definition) is 1. The van der Waals surface area contributed by atoms with Crippen molar-refractivity contribution in [2.45, 2.75) is 57.7 Å². The predicted molar refractivity (Wildman–Crippen MR) is 144 cm³/mol. The molecule has 0 spiro atoms. The molecule has 9 heteroatoms. The van der Waals surface area contributed by atoms with E-state index in [0.717, 1.165) is 34.9 Å². The van der Waals surface area contributed by atoms with Crippen molar-refractivity contribution in [3.8, 4) is 28.1 Å². The number of nitrogens with one attached hydrogen (secondary N) is 1. The minimum Gasteiger partial charge on any atom is -0.428 e. The summed E-state index contributed by atoms with van der Waals surface area (Å²) in [6.07, 6.45) is 5.47. The zero-order valence-corrected chi connectivity index (χ0v) is 22.2. The van der Waals surface area contributed by atoms with Crippen LogP contribution in [-0.2, 0) is 11.8 Å². The van der Waals surface area contributed by atoms with Crippen LogP contribution in [0.15, 0.2) is 48.8 Å². The molecule has 1 saturated heterocycles. The van der Waals surface area contributed by atoms with E-state index in [1.165, 1.54) is 0 Å². The summed E-state index contributed by atoms with van der Waals surface area (Å²) in [6.45, 7) is 9.33. The maximum atomic E-state index is 11.3. The zero-order valence-electron chi connectivity index (χ0n) is 22.2. The lowest BCUT2D eigenvalue weighted by Gasteiger charge is -2.48. The quantitative estimate of drug-likeness (QED) is 0.391. The first kappa shape index (κ1) is 24.8. The molecule has 9 nitrogen and oxygen atoms in total. The number of benzene rings is 2. The molecule has 0 aliphatic carbocycles. The van der Waals surface area contributed by atoms with Gasteiger partial charge in [-0.2, -0.15) is 5.10 Å². The van der Waals surface area contributed by atoms with Gasteiger partial charge in [0.2, 0.25) is 5.95 Å². The number of carbonyl (C=O) groups excluding carboxylic acids is 1. The Morgan fingerprint density at radius 1 is 1.03 bits per heavy atom. The van der Waals surface area contributed by atoms with Gasteiger partial charge in [-0.1, -0.05) is 12.1 Å². The first-order valence-electron chi connectivity index (χ1n) is 12.4. The Morgan fingerprint density at radius 2 is 1.73 bits per heavy atom. The van der Waals surface area contributed by atoms with E-state index in [4.69, 9.17) is 4.74 Å². The molecular weight excluding hydrogens is 466 g/mol. The number of nitrogens with zero attached hydrogens (tertiary/aromatic N) is 6. The summed E-state index contributed by atoms with van der Waals surface area (Å²) < 4.78 is 7.19. The lowest BCUT2D eigenvalue weighted by Crippen LogP contribution is -2.62. The highest BCUT2D eigenvalue weighted by Crippen LogP contribution is 2.35. The smallest absolute Gasteiger partial charge is 0.298 e. The van der Waals surface area contributed by atoms with Gasteiger partial charge < -0.3 is 15.0 Å². The number of carbonyl (C=O) groups is 1. The third kappa shape index (κ3) is 5.04. The number of anilines is 1. The summed E-state index contributed by atoms with van der Waals surface area (Å²) in [6, 6.07) is 12.1. The first-order valence-corrected chi connectivity index (χ1v) is 12.4. The molecule has 2 aromatic heterocycles. The van der Waals surface area contributed by atoms with Crippen LogP contribution in [0.4, 0.5) is 5.95 Å². The minimum absolute atomic E-state index is 0.0123. The average molecular weight is 500 g/mol. The van der Waals surface area contributed by atoms with Crippen LogP contribution < -0.4 is 15.0 Å². The fourth-order valence-electron chi connectivity index (χ4n) is 5.67. The van der Waals surface area contributed by atoms with E-state index < -0.39 is 0 Å². The van der Waals surface area contributed by atoms with E-state index in [2.05, 4.69) is 64.3 Å². The molecule has 1 aliphatic heterocycles. The van der Waals surface area contributed by atoms with Crippen LogP contribution in [0.5, 0.6) is 5.75 Å². The maximum Gasteiger partial charge on any atom is 0.298 e. The van der Waals surface area contributed by atoms with Crippen molar-refractivity contribution >= 4 is 23.3 Å². The van der Waals surface area contributed by atoms with E-state index in [1.54, 1.807) is 6.20 Å².